The number of non-ortho nitro benzene ring substituents is 1. The Morgan fingerprint density at radius 2 is 1.68 bits per heavy atom. The number of hydrogen-bond acceptors (Lipinski definition) is 5. The van der Waals surface area contributed by atoms with Gasteiger partial charge in [-0.25, -0.2) is 0 Å². The molecule has 0 radical (unpaired) electrons. The fourth-order valence-corrected chi connectivity index (χ4v) is 1.92. The highest BCUT2D eigenvalue weighted by Gasteiger charge is 2.16. The molecule has 0 bridgehead atoms. The number of ketones is 2. The Bertz CT molecular complexity index is 722. The first-order valence-electron chi connectivity index (χ1n) is 6.46. The average Bonchev–Trinajstić information content (AvgIpc) is 2.54. The number of Topliss-reactive ketones (excluding diaryl/α,β-unsaturated/α-hetero) is 2. The van der Waals surface area contributed by atoms with Crippen LogP contribution in [-0.2, 0) is 0 Å². The van der Waals surface area contributed by atoms with Gasteiger partial charge < -0.3 is 4.74 Å². The summed E-state index contributed by atoms with van der Waals surface area (Å²) in [5, 5.41) is 10.7. The van der Waals surface area contributed by atoms with Crippen molar-refractivity contribution >= 4 is 17.3 Å². The van der Waals surface area contributed by atoms with Crippen LogP contribution in [0.2, 0.25) is 0 Å². The quantitative estimate of drug-likeness (QED) is 0.354. The highest BCUT2D eigenvalue weighted by molar-refractivity contribution is 6.13. The maximum atomic E-state index is 12.1. The number of carbonyl (C=O) groups is 2. The third-order valence-electron chi connectivity index (χ3n) is 3.11. The van der Waals surface area contributed by atoms with E-state index in [9.17, 15) is 19.7 Å². The average molecular weight is 299 g/mol. The van der Waals surface area contributed by atoms with Gasteiger partial charge in [0.05, 0.1) is 18.5 Å². The van der Waals surface area contributed by atoms with Crippen LogP contribution in [0, 0.1) is 10.1 Å². The van der Waals surface area contributed by atoms with E-state index in [0.717, 1.165) is 0 Å². The summed E-state index contributed by atoms with van der Waals surface area (Å²) in [5.74, 6) is -0.190. The summed E-state index contributed by atoms with van der Waals surface area (Å²) in [7, 11) is 1.52. The molecule has 22 heavy (non-hydrogen) atoms. The Labute approximate surface area is 126 Å². The van der Waals surface area contributed by atoms with Crippen molar-refractivity contribution in [2.45, 2.75) is 6.42 Å². The number of ether oxygens (including phenoxy) is 1. The predicted octanol–water partition coefficient (Wildman–Crippen LogP) is 3.06. The summed E-state index contributed by atoms with van der Waals surface area (Å²) in [4.78, 5) is 34.2. The summed E-state index contributed by atoms with van der Waals surface area (Å²) in [6.07, 6.45) is -0.340. The van der Waals surface area contributed by atoms with Gasteiger partial charge in [-0.15, -0.1) is 0 Å². The second kappa shape index (κ2) is 6.62. The van der Waals surface area contributed by atoms with Crippen molar-refractivity contribution in [2.75, 3.05) is 7.11 Å². The first-order chi connectivity index (χ1) is 10.5. The van der Waals surface area contributed by atoms with E-state index in [0.29, 0.717) is 11.3 Å². The SMILES string of the molecule is COc1ccc(C(=O)CC(=O)c2cccc([N+](=O)[O-])c2)cc1. The first kappa shape index (κ1) is 15.4. The van der Waals surface area contributed by atoms with Crippen LogP contribution in [-0.4, -0.2) is 23.6 Å². The molecule has 0 aliphatic rings. The monoisotopic (exact) mass is 299 g/mol. The van der Waals surface area contributed by atoms with Crippen molar-refractivity contribution in [2.24, 2.45) is 0 Å². The van der Waals surface area contributed by atoms with E-state index in [4.69, 9.17) is 4.74 Å². The number of nitrogens with zero attached hydrogens (tertiary/aromatic N) is 1. The van der Waals surface area contributed by atoms with E-state index >= 15 is 0 Å². The molecule has 0 saturated heterocycles. The molecule has 0 aliphatic carbocycles. The van der Waals surface area contributed by atoms with Gasteiger partial charge in [-0.05, 0) is 24.3 Å². The Morgan fingerprint density at radius 1 is 1.05 bits per heavy atom. The van der Waals surface area contributed by atoms with Crippen LogP contribution in [0.5, 0.6) is 5.75 Å². The van der Waals surface area contributed by atoms with Crippen molar-refractivity contribution < 1.29 is 19.2 Å². The van der Waals surface area contributed by atoms with Crippen LogP contribution in [0.4, 0.5) is 5.69 Å². The number of rotatable bonds is 6. The molecule has 0 fully saturated rings. The smallest absolute Gasteiger partial charge is 0.270 e. The number of hydrogen-bond donors (Lipinski definition) is 0. The van der Waals surface area contributed by atoms with Gasteiger partial charge in [0.1, 0.15) is 5.75 Å². The maximum Gasteiger partial charge on any atom is 0.270 e. The van der Waals surface area contributed by atoms with Gasteiger partial charge in [-0.3, -0.25) is 19.7 Å². The number of carbonyl (C=O) groups excluding carboxylic acids is 2. The molecule has 112 valence electrons. The molecule has 0 aromatic heterocycles. The third-order valence-corrected chi connectivity index (χ3v) is 3.11. The van der Waals surface area contributed by atoms with Crippen molar-refractivity contribution in [1.82, 2.24) is 0 Å². The molecule has 2 aromatic rings. The molecular weight excluding hydrogens is 286 g/mol. The molecule has 6 heteroatoms. The zero-order valence-corrected chi connectivity index (χ0v) is 11.8. The molecule has 0 amide bonds. The lowest BCUT2D eigenvalue weighted by molar-refractivity contribution is -0.384. The van der Waals surface area contributed by atoms with Crippen LogP contribution in [0.25, 0.3) is 0 Å². The second-order valence-corrected chi connectivity index (χ2v) is 4.56. The molecule has 0 unspecified atom stereocenters. The lowest BCUT2D eigenvalue weighted by Crippen LogP contribution is -2.09. The van der Waals surface area contributed by atoms with Gasteiger partial charge in [-0.1, -0.05) is 12.1 Å². The van der Waals surface area contributed by atoms with Crippen molar-refractivity contribution in [3.05, 3.63) is 69.8 Å². The van der Waals surface area contributed by atoms with E-state index in [1.165, 1.54) is 31.4 Å². The van der Waals surface area contributed by atoms with Gasteiger partial charge in [0.2, 0.25) is 0 Å². The third kappa shape index (κ3) is 3.54. The number of benzene rings is 2. The van der Waals surface area contributed by atoms with E-state index < -0.39 is 10.7 Å². The van der Waals surface area contributed by atoms with Gasteiger partial charge >= 0.3 is 0 Å². The summed E-state index contributed by atoms with van der Waals surface area (Å²) in [6.45, 7) is 0. The number of nitro benzene ring substituents is 1. The van der Waals surface area contributed by atoms with E-state index in [1.54, 1.807) is 24.3 Å². The Hall–Kier alpha value is -3.02. The highest BCUT2D eigenvalue weighted by Crippen LogP contribution is 2.17. The summed E-state index contributed by atoms with van der Waals surface area (Å²) >= 11 is 0. The van der Waals surface area contributed by atoms with Crippen LogP contribution in [0.3, 0.4) is 0 Å². The van der Waals surface area contributed by atoms with Gasteiger partial charge in [0.15, 0.2) is 11.6 Å². The van der Waals surface area contributed by atoms with Crippen LogP contribution < -0.4 is 4.74 Å². The minimum Gasteiger partial charge on any atom is -0.497 e. The summed E-state index contributed by atoms with van der Waals surface area (Å²) in [5.41, 5.74) is 0.360. The zero-order chi connectivity index (χ0) is 16.1. The number of nitro groups is 1. The molecule has 0 heterocycles. The fourth-order valence-electron chi connectivity index (χ4n) is 1.92. The molecule has 0 saturated carbocycles. The molecule has 6 nitrogen and oxygen atoms in total. The van der Waals surface area contributed by atoms with Crippen LogP contribution >= 0.6 is 0 Å². The van der Waals surface area contributed by atoms with Gasteiger partial charge in [0, 0.05) is 23.3 Å². The standard InChI is InChI=1S/C16H13NO5/c1-22-14-7-5-11(6-8-14)15(18)10-16(19)12-3-2-4-13(9-12)17(20)21/h2-9H,10H2,1H3. The normalized spacial score (nSPS) is 10.0. The van der Waals surface area contributed by atoms with Crippen LogP contribution in [0.1, 0.15) is 27.1 Å². The highest BCUT2D eigenvalue weighted by atomic mass is 16.6. The first-order valence-corrected chi connectivity index (χ1v) is 6.46. The molecule has 2 aromatic carbocycles. The minimum absolute atomic E-state index is 0.149. The lowest BCUT2D eigenvalue weighted by Gasteiger charge is -2.03. The van der Waals surface area contributed by atoms with E-state index in [2.05, 4.69) is 0 Å². The molecule has 0 spiro atoms. The van der Waals surface area contributed by atoms with Crippen molar-refractivity contribution in [1.29, 1.82) is 0 Å². The molecular formula is C16H13NO5. The minimum atomic E-state index is -0.581. The Balaban J connectivity index is 2.12. The summed E-state index contributed by atoms with van der Waals surface area (Å²) < 4.78 is 4.99. The van der Waals surface area contributed by atoms with E-state index in [1.807, 2.05) is 0 Å². The van der Waals surface area contributed by atoms with Crippen molar-refractivity contribution in [3.8, 4) is 5.75 Å². The largest absolute Gasteiger partial charge is 0.497 e. The predicted molar refractivity (Wildman–Crippen MR) is 79.4 cm³/mol. The topological polar surface area (TPSA) is 86.5 Å². The summed E-state index contributed by atoms with van der Waals surface area (Å²) in [6, 6.07) is 11.7. The van der Waals surface area contributed by atoms with Gasteiger partial charge in [0.25, 0.3) is 5.69 Å². The molecule has 0 N–H and O–H groups in total. The molecule has 2 rings (SSSR count). The molecule has 0 aliphatic heterocycles. The van der Waals surface area contributed by atoms with Crippen molar-refractivity contribution in [3.63, 3.8) is 0 Å². The van der Waals surface area contributed by atoms with E-state index in [-0.39, 0.29) is 23.5 Å². The van der Waals surface area contributed by atoms with Gasteiger partial charge in [-0.2, -0.15) is 0 Å². The Morgan fingerprint density at radius 3 is 2.27 bits per heavy atom. The number of methoxy groups -OCH3 is 1. The maximum absolute atomic E-state index is 12.1. The van der Waals surface area contributed by atoms with Crippen LogP contribution in [0.15, 0.2) is 48.5 Å². The Kier molecular flexibility index (Phi) is 4.63. The zero-order valence-electron chi connectivity index (χ0n) is 11.8. The lowest BCUT2D eigenvalue weighted by atomic mass is 10.0. The molecule has 0 atom stereocenters. The fraction of sp³-hybridized carbons (Fsp3) is 0.125. The second-order valence-electron chi connectivity index (χ2n) is 4.56.